The molecule has 134 valence electrons. The van der Waals surface area contributed by atoms with Crippen LogP contribution in [-0.4, -0.2) is 24.4 Å². The fraction of sp³-hybridized carbons (Fsp3) is 0.211. The molecule has 1 fully saturated rings. The molecule has 0 radical (unpaired) electrons. The fourth-order valence-corrected chi connectivity index (χ4v) is 3.14. The normalized spacial score (nSPS) is 19.7. The summed E-state index contributed by atoms with van der Waals surface area (Å²) in [5, 5.41) is 10.4. The van der Waals surface area contributed by atoms with Gasteiger partial charge in [0.2, 0.25) is 0 Å². The molecule has 1 aromatic heterocycles. The quantitative estimate of drug-likeness (QED) is 0.649. The Hall–Kier alpha value is -2.35. The van der Waals surface area contributed by atoms with Crippen LogP contribution in [0.15, 0.2) is 62.2 Å². The van der Waals surface area contributed by atoms with E-state index < -0.39 is 11.9 Å². The van der Waals surface area contributed by atoms with Crippen LogP contribution >= 0.6 is 15.9 Å². The Morgan fingerprint density at radius 1 is 1.19 bits per heavy atom. The van der Waals surface area contributed by atoms with Crippen molar-refractivity contribution in [1.82, 2.24) is 0 Å². The largest absolute Gasteiger partial charge is 0.507 e. The van der Waals surface area contributed by atoms with Crippen molar-refractivity contribution < 1.29 is 23.7 Å². The summed E-state index contributed by atoms with van der Waals surface area (Å²) in [6.45, 7) is 0.683. The van der Waals surface area contributed by atoms with Gasteiger partial charge in [-0.3, -0.25) is 0 Å². The third-order valence-corrected chi connectivity index (χ3v) is 4.66. The summed E-state index contributed by atoms with van der Waals surface area (Å²) in [5.41, 5.74) is 0.286. The molecule has 0 saturated carbocycles. The maximum Gasteiger partial charge on any atom is 0.336 e. The van der Waals surface area contributed by atoms with Crippen molar-refractivity contribution in [3.63, 3.8) is 0 Å². The molecule has 2 aromatic carbocycles. The van der Waals surface area contributed by atoms with E-state index in [1.165, 1.54) is 12.1 Å². The van der Waals surface area contributed by atoms with E-state index in [0.717, 1.165) is 5.75 Å². The average Bonchev–Trinajstić information content (AvgIpc) is 3.10. The smallest absolute Gasteiger partial charge is 0.336 e. The lowest BCUT2D eigenvalue weighted by Gasteiger charge is -2.14. The van der Waals surface area contributed by atoms with Gasteiger partial charge in [-0.2, -0.15) is 0 Å². The van der Waals surface area contributed by atoms with Crippen LogP contribution in [0.1, 0.15) is 11.9 Å². The highest BCUT2D eigenvalue weighted by atomic mass is 79.9. The van der Waals surface area contributed by atoms with Crippen molar-refractivity contribution in [2.45, 2.75) is 12.4 Å². The van der Waals surface area contributed by atoms with E-state index in [9.17, 15) is 9.90 Å². The highest BCUT2D eigenvalue weighted by Crippen LogP contribution is 2.35. The van der Waals surface area contributed by atoms with Crippen LogP contribution in [0.4, 0.5) is 0 Å². The minimum Gasteiger partial charge on any atom is -0.507 e. The van der Waals surface area contributed by atoms with Crippen molar-refractivity contribution >= 4 is 26.9 Å². The zero-order valence-electron chi connectivity index (χ0n) is 13.6. The number of rotatable bonds is 4. The lowest BCUT2D eigenvalue weighted by Crippen LogP contribution is -2.20. The third-order valence-electron chi connectivity index (χ3n) is 4.03. The molecule has 7 heteroatoms. The summed E-state index contributed by atoms with van der Waals surface area (Å²) in [5.74, 6) is 0.741. The number of para-hydroxylation sites is 1. The number of ether oxygens (including phenoxy) is 3. The molecule has 2 heterocycles. The van der Waals surface area contributed by atoms with Gasteiger partial charge in [0.1, 0.15) is 29.8 Å². The van der Waals surface area contributed by atoms with Gasteiger partial charge in [0, 0.05) is 23.1 Å². The topological polar surface area (TPSA) is 78.1 Å². The summed E-state index contributed by atoms with van der Waals surface area (Å²) in [6.07, 6.45) is -0.967. The molecule has 2 atom stereocenters. The SMILES string of the molecule is O=c1cc(C2OCC(COc3ccccc3)O2)c2cc(Br)c(O)cc2o1. The van der Waals surface area contributed by atoms with Crippen molar-refractivity contribution in [2.75, 3.05) is 13.2 Å². The maximum atomic E-state index is 11.9. The van der Waals surface area contributed by atoms with Gasteiger partial charge < -0.3 is 23.7 Å². The number of phenols is 1. The summed E-state index contributed by atoms with van der Waals surface area (Å²) < 4.78 is 22.9. The molecule has 3 aromatic rings. The Labute approximate surface area is 157 Å². The lowest BCUT2D eigenvalue weighted by atomic mass is 10.1. The summed E-state index contributed by atoms with van der Waals surface area (Å²) >= 11 is 3.27. The van der Waals surface area contributed by atoms with E-state index in [-0.39, 0.29) is 17.4 Å². The molecular formula is C19H15BrO6. The highest BCUT2D eigenvalue weighted by molar-refractivity contribution is 9.10. The minimum absolute atomic E-state index is 0.0137. The number of fused-ring (bicyclic) bond motifs is 1. The lowest BCUT2D eigenvalue weighted by molar-refractivity contribution is -0.0651. The van der Waals surface area contributed by atoms with E-state index in [4.69, 9.17) is 18.6 Å². The first-order chi connectivity index (χ1) is 12.6. The number of hydrogen-bond donors (Lipinski definition) is 1. The van der Waals surface area contributed by atoms with Crippen LogP contribution in [0.25, 0.3) is 11.0 Å². The van der Waals surface area contributed by atoms with E-state index in [2.05, 4.69) is 15.9 Å². The molecule has 0 spiro atoms. The third kappa shape index (κ3) is 3.46. The van der Waals surface area contributed by atoms with Gasteiger partial charge in [-0.05, 0) is 34.1 Å². The van der Waals surface area contributed by atoms with Crippen molar-refractivity contribution in [3.8, 4) is 11.5 Å². The second-order valence-electron chi connectivity index (χ2n) is 5.87. The molecule has 1 aliphatic heterocycles. The predicted molar refractivity (Wildman–Crippen MR) is 97.4 cm³/mol. The summed E-state index contributed by atoms with van der Waals surface area (Å²) in [6, 6.07) is 13.8. The maximum absolute atomic E-state index is 11.9. The van der Waals surface area contributed by atoms with Gasteiger partial charge in [-0.25, -0.2) is 4.79 Å². The number of aromatic hydroxyl groups is 1. The van der Waals surface area contributed by atoms with E-state index >= 15 is 0 Å². The molecule has 0 bridgehead atoms. The molecular weight excluding hydrogens is 404 g/mol. The molecule has 0 amide bonds. The Morgan fingerprint density at radius 3 is 2.81 bits per heavy atom. The average molecular weight is 419 g/mol. The Balaban J connectivity index is 1.55. The standard InChI is InChI=1S/C19H15BrO6/c20-15-6-13-14(7-18(22)26-17(13)8-16(15)21)19-24-10-12(25-19)9-23-11-4-2-1-3-5-11/h1-8,12,19,21H,9-10H2. The molecule has 1 saturated heterocycles. The van der Waals surface area contributed by atoms with Crippen LogP contribution in [0.2, 0.25) is 0 Å². The van der Waals surface area contributed by atoms with E-state index in [0.29, 0.717) is 28.6 Å². The van der Waals surface area contributed by atoms with Crippen LogP contribution in [-0.2, 0) is 9.47 Å². The van der Waals surface area contributed by atoms with Crippen molar-refractivity contribution in [1.29, 1.82) is 0 Å². The van der Waals surface area contributed by atoms with Crippen LogP contribution in [0.5, 0.6) is 11.5 Å². The van der Waals surface area contributed by atoms with Gasteiger partial charge in [0.15, 0.2) is 6.29 Å². The molecule has 0 aliphatic carbocycles. The minimum atomic E-state index is -0.706. The Bertz CT molecular complexity index is 984. The van der Waals surface area contributed by atoms with Crippen molar-refractivity contribution in [3.05, 3.63) is 69.0 Å². The summed E-state index contributed by atoms with van der Waals surface area (Å²) in [4.78, 5) is 11.9. The predicted octanol–water partition coefficient (Wildman–Crippen LogP) is 3.75. The van der Waals surface area contributed by atoms with Gasteiger partial charge in [0.25, 0.3) is 0 Å². The molecule has 1 aliphatic rings. The zero-order valence-corrected chi connectivity index (χ0v) is 15.1. The van der Waals surface area contributed by atoms with E-state index in [1.807, 2.05) is 30.3 Å². The van der Waals surface area contributed by atoms with Crippen LogP contribution in [0.3, 0.4) is 0 Å². The molecule has 1 N–H and O–H groups in total. The number of phenolic OH excluding ortho intramolecular Hbond substituents is 1. The monoisotopic (exact) mass is 418 g/mol. The molecule has 2 unspecified atom stereocenters. The fourth-order valence-electron chi connectivity index (χ4n) is 2.79. The Morgan fingerprint density at radius 2 is 2.00 bits per heavy atom. The second kappa shape index (κ2) is 7.11. The van der Waals surface area contributed by atoms with Gasteiger partial charge in [0.05, 0.1) is 11.1 Å². The molecule has 6 nitrogen and oxygen atoms in total. The number of halogens is 1. The first kappa shape index (κ1) is 17.1. The molecule has 4 rings (SSSR count). The second-order valence-corrected chi connectivity index (χ2v) is 6.72. The number of hydrogen-bond acceptors (Lipinski definition) is 6. The first-order valence-corrected chi connectivity index (χ1v) is 8.80. The van der Waals surface area contributed by atoms with Gasteiger partial charge in [-0.1, -0.05) is 18.2 Å². The van der Waals surface area contributed by atoms with Crippen molar-refractivity contribution in [2.24, 2.45) is 0 Å². The van der Waals surface area contributed by atoms with E-state index in [1.54, 1.807) is 6.07 Å². The van der Waals surface area contributed by atoms with Gasteiger partial charge in [-0.15, -0.1) is 0 Å². The van der Waals surface area contributed by atoms with Crippen LogP contribution in [0, 0.1) is 0 Å². The Kier molecular flexibility index (Phi) is 4.67. The molecule has 26 heavy (non-hydrogen) atoms. The van der Waals surface area contributed by atoms with Gasteiger partial charge >= 0.3 is 5.63 Å². The zero-order chi connectivity index (χ0) is 18.1. The highest BCUT2D eigenvalue weighted by Gasteiger charge is 2.30. The number of benzene rings is 2. The first-order valence-electron chi connectivity index (χ1n) is 8.01. The summed E-state index contributed by atoms with van der Waals surface area (Å²) in [7, 11) is 0. The van der Waals surface area contributed by atoms with Crippen LogP contribution < -0.4 is 10.4 Å².